The number of hydrogen-bond acceptors (Lipinski definition) is 2. The molecule has 1 aromatic heterocycles. The van der Waals surface area contributed by atoms with E-state index < -0.39 is 0 Å². The van der Waals surface area contributed by atoms with Crippen molar-refractivity contribution in [3.63, 3.8) is 0 Å². The minimum Gasteiger partial charge on any atom is -0.337 e. The van der Waals surface area contributed by atoms with E-state index in [2.05, 4.69) is 5.10 Å². The maximum absolute atomic E-state index is 11.9. The van der Waals surface area contributed by atoms with Gasteiger partial charge in [-0.3, -0.25) is 9.48 Å². The van der Waals surface area contributed by atoms with Gasteiger partial charge in [0.05, 0.1) is 0 Å². The summed E-state index contributed by atoms with van der Waals surface area (Å²) in [5.41, 5.74) is 0.494. The molecule has 84 valence electrons. The zero-order valence-electron chi connectivity index (χ0n) is 9.11. The molecule has 15 heavy (non-hydrogen) atoms. The van der Waals surface area contributed by atoms with Gasteiger partial charge in [0.2, 0.25) is 0 Å². The number of alkyl halides is 1. The Morgan fingerprint density at radius 3 is 2.87 bits per heavy atom. The second-order valence-electron chi connectivity index (χ2n) is 3.30. The Bertz CT molecular complexity index is 324. The fourth-order valence-corrected chi connectivity index (χ4v) is 1.46. The van der Waals surface area contributed by atoms with Gasteiger partial charge in [-0.15, -0.1) is 11.6 Å². The molecule has 0 radical (unpaired) electrons. The third-order valence-electron chi connectivity index (χ3n) is 2.16. The summed E-state index contributed by atoms with van der Waals surface area (Å²) in [4.78, 5) is 13.7. The van der Waals surface area contributed by atoms with Gasteiger partial charge in [0, 0.05) is 32.2 Å². The second-order valence-corrected chi connectivity index (χ2v) is 3.68. The summed E-state index contributed by atoms with van der Waals surface area (Å²) in [7, 11) is 1.80. The Kier molecular flexibility index (Phi) is 4.62. The Labute approximate surface area is 94.8 Å². The Morgan fingerprint density at radius 1 is 1.67 bits per heavy atom. The first kappa shape index (κ1) is 12.0. The van der Waals surface area contributed by atoms with Crippen LogP contribution in [0, 0.1) is 0 Å². The number of amides is 1. The molecule has 0 aliphatic carbocycles. The molecule has 0 fully saturated rings. The first-order chi connectivity index (χ1) is 7.19. The van der Waals surface area contributed by atoms with Crippen LogP contribution < -0.4 is 0 Å². The van der Waals surface area contributed by atoms with Crippen LogP contribution in [0.3, 0.4) is 0 Å². The van der Waals surface area contributed by atoms with Gasteiger partial charge in [-0.05, 0) is 19.4 Å². The Hall–Kier alpha value is -1.03. The van der Waals surface area contributed by atoms with Crippen LogP contribution in [0.4, 0.5) is 0 Å². The van der Waals surface area contributed by atoms with Crippen LogP contribution in [-0.2, 0) is 7.05 Å². The van der Waals surface area contributed by atoms with E-state index in [9.17, 15) is 4.79 Å². The normalized spacial score (nSPS) is 10.3. The van der Waals surface area contributed by atoms with Crippen molar-refractivity contribution >= 4 is 17.5 Å². The largest absolute Gasteiger partial charge is 0.337 e. The second kappa shape index (κ2) is 5.75. The maximum atomic E-state index is 11.9. The van der Waals surface area contributed by atoms with Crippen molar-refractivity contribution in [3.8, 4) is 0 Å². The number of hydrogen-bond donors (Lipinski definition) is 0. The van der Waals surface area contributed by atoms with Crippen molar-refractivity contribution in [1.82, 2.24) is 14.7 Å². The van der Waals surface area contributed by atoms with Crippen molar-refractivity contribution in [3.05, 3.63) is 18.0 Å². The first-order valence-corrected chi connectivity index (χ1v) is 5.57. The molecular weight excluding hydrogens is 214 g/mol. The molecule has 1 rings (SSSR count). The van der Waals surface area contributed by atoms with Crippen LogP contribution in [0.1, 0.15) is 23.8 Å². The van der Waals surface area contributed by atoms with E-state index in [-0.39, 0.29) is 5.91 Å². The number of nitrogens with zero attached hydrogens (tertiary/aromatic N) is 3. The summed E-state index contributed by atoms with van der Waals surface area (Å²) in [6.07, 6.45) is 2.58. The number of aryl methyl sites for hydroxylation is 1. The van der Waals surface area contributed by atoms with E-state index in [1.165, 1.54) is 0 Å². The van der Waals surface area contributed by atoms with Gasteiger partial charge in [-0.1, -0.05) is 0 Å². The standard InChI is InChI=1S/C10H16ClN3O/c1-3-14(7-4-6-11)10(15)9-5-8-13(2)12-9/h5,8H,3-4,6-7H2,1-2H3. The molecule has 1 amide bonds. The van der Waals surface area contributed by atoms with Gasteiger partial charge in [0.25, 0.3) is 5.91 Å². The maximum Gasteiger partial charge on any atom is 0.274 e. The topological polar surface area (TPSA) is 38.1 Å². The molecule has 0 saturated heterocycles. The summed E-state index contributed by atoms with van der Waals surface area (Å²) in [6.45, 7) is 3.33. The first-order valence-electron chi connectivity index (χ1n) is 5.04. The fourth-order valence-electron chi connectivity index (χ4n) is 1.35. The van der Waals surface area contributed by atoms with Crippen LogP contribution in [0.5, 0.6) is 0 Å². The SMILES string of the molecule is CCN(CCCCl)C(=O)c1ccn(C)n1. The van der Waals surface area contributed by atoms with Crippen molar-refractivity contribution < 1.29 is 4.79 Å². The number of rotatable bonds is 5. The molecule has 0 bridgehead atoms. The molecular formula is C10H16ClN3O. The predicted octanol–water partition coefficient (Wildman–Crippen LogP) is 1.51. The van der Waals surface area contributed by atoms with Gasteiger partial charge < -0.3 is 4.90 Å². The third-order valence-corrected chi connectivity index (χ3v) is 2.43. The molecule has 0 unspecified atom stereocenters. The smallest absolute Gasteiger partial charge is 0.274 e. The lowest BCUT2D eigenvalue weighted by molar-refractivity contribution is 0.0758. The fraction of sp³-hybridized carbons (Fsp3) is 0.600. The summed E-state index contributed by atoms with van der Waals surface area (Å²) >= 11 is 5.60. The van der Waals surface area contributed by atoms with Crippen LogP contribution in [0.15, 0.2) is 12.3 Å². The van der Waals surface area contributed by atoms with Crippen molar-refractivity contribution in [1.29, 1.82) is 0 Å². The average Bonchev–Trinajstić information content (AvgIpc) is 2.65. The molecule has 0 spiro atoms. The molecule has 0 atom stereocenters. The minimum atomic E-state index is -0.0248. The predicted molar refractivity (Wildman–Crippen MR) is 60.1 cm³/mol. The lowest BCUT2D eigenvalue weighted by atomic mass is 10.3. The summed E-state index contributed by atoms with van der Waals surface area (Å²) in [5.74, 6) is 0.551. The lowest BCUT2D eigenvalue weighted by Gasteiger charge is -2.18. The van der Waals surface area contributed by atoms with Gasteiger partial charge in [-0.25, -0.2) is 0 Å². The summed E-state index contributed by atoms with van der Waals surface area (Å²) in [5, 5.41) is 4.08. The minimum absolute atomic E-state index is 0.0248. The van der Waals surface area contributed by atoms with E-state index in [1.54, 1.807) is 28.9 Å². The molecule has 0 aliphatic rings. The monoisotopic (exact) mass is 229 g/mol. The molecule has 5 heteroatoms. The van der Waals surface area contributed by atoms with Crippen molar-refractivity contribution in [2.45, 2.75) is 13.3 Å². The highest BCUT2D eigenvalue weighted by molar-refractivity contribution is 6.17. The third kappa shape index (κ3) is 3.23. The number of carbonyl (C=O) groups is 1. The molecule has 1 heterocycles. The van der Waals surface area contributed by atoms with Gasteiger partial charge in [-0.2, -0.15) is 5.10 Å². The van der Waals surface area contributed by atoms with Gasteiger partial charge >= 0.3 is 0 Å². The average molecular weight is 230 g/mol. The highest BCUT2D eigenvalue weighted by atomic mass is 35.5. The lowest BCUT2D eigenvalue weighted by Crippen LogP contribution is -2.32. The molecule has 0 saturated carbocycles. The molecule has 4 nitrogen and oxygen atoms in total. The van der Waals surface area contributed by atoms with Gasteiger partial charge in [0.1, 0.15) is 5.69 Å². The van der Waals surface area contributed by atoms with Crippen LogP contribution in [-0.4, -0.2) is 39.6 Å². The van der Waals surface area contributed by atoms with Crippen molar-refractivity contribution in [2.75, 3.05) is 19.0 Å². The van der Waals surface area contributed by atoms with E-state index in [0.29, 0.717) is 24.7 Å². The van der Waals surface area contributed by atoms with E-state index in [4.69, 9.17) is 11.6 Å². The number of halogens is 1. The van der Waals surface area contributed by atoms with Crippen LogP contribution >= 0.6 is 11.6 Å². The molecule has 0 N–H and O–H groups in total. The van der Waals surface area contributed by atoms with E-state index >= 15 is 0 Å². The van der Waals surface area contributed by atoms with Crippen LogP contribution in [0.2, 0.25) is 0 Å². The number of carbonyl (C=O) groups excluding carboxylic acids is 1. The van der Waals surface area contributed by atoms with Crippen LogP contribution in [0.25, 0.3) is 0 Å². The quantitative estimate of drug-likeness (QED) is 0.718. The van der Waals surface area contributed by atoms with E-state index in [1.807, 2.05) is 6.92 Å². The molecule has 0 aromatic carbocycles. The highest BCUT2D eigenvalue weighted by Gasteiger charge is 2.15. The van der Waals surface area contributed by atoms with E-state index in [0.717, 1.165) is 6.42 Å². The summed E-state index contributed by atoms with van der Waals surface area (Å²) in [6, 6.07) is 1.73. The Balaban J connectivity index is 2.64. The number of aromatic nitrogens is 2. The van der Waals surface area contributed by atoms with Gasteiger partial charge in [0.15, 0.2) is 0 Å². The zero-order valence-corrected chi connectivity index (χ0v) is 9.87. The highest BCUT2D eigenvalue weighted by Crippen LogP contribution is 2.03. The zero-order chi connectivity index (χ0) is 11.3. The summed E-state index contributed by atoms with van der Waals surface area (Å²) < 4.78 is 1.63. The molecule has 1 aromatic rings. The Morgan fingerprint density at radius 2 is 2.40 bits per heavy atom. The molecule has 0 aliphatic heterocycles. The van der Waals surface area contributed by atoms with Crippen molar-refractivity contribution in [2.24, 2.45) is 7.05 Å².